The summed E-state index contributed by atoms with van der Waals surface area (Å²) in [4.78, 5) is 5.88. The minimum atomic E-state index is -0.0527. The van der Waals surface area contributed by atoms with Crippen LogP contribution in [0.5, 0.6) is 0 Å². The molecule has 4 nitrogen and oxygen atoms in total. The van der Waals surface area contributed by atoms with Crippen molar-refractivity contribution in [3.05, 3.63) is 11.9 Å². The third-order valence-electron chi connectivity index (χ3n) is 1.98. The second kappa shape index (κ2) is 3.69. The van der Waals surface area contributed by atoms with Crippen molar-refractivity contribution in [2.75, 3.05) is 13.3 Å². The SMILES string of the molecule is CC1=CN(CO)C(C)C(CO)=N1. The van der Waals surface area contributed by atoms with Gasteiger partial charge in [0, 0.05) is 6.20 Å². The summed E-state index contributed by atoms with van der Waals surface area (Å²) in [6.07, 6.45) is 1.78. The van der Waals surface area contributed by atoms with E-state index in [1.165, 1.54) is 0 Å². The van der Waals surface area contributed by atoms with Crippen molar-refractivity contribution in [3.8, 4) is 0 Å². The average molecular weight is 170 g/mol. The third kappa shape index (κ3) is 1.65. The van der Waals surface area contributed by atoms with Gasteiger partial charge in [0.2, 0.25) is 0 Å². The zero-order valence-electron chi connectivity index (χ0n) is 7.36. The van der Waals surface area contributed by atoms with Crippen LogP contribution in [0.3, 0.4) is 0 Å². The van der Waals surface area contributed by atoms with Crippen LogP contribution in [0, 0.1) is 0 Å². The third-order valence-corrected chi connectivity index (χ3v) is 1.98. The second-order valence-electron chi connectivity index (χ2n) is 2.86. The van der Waals surface area contributed by atoms with Crippen molar-refractivity contribution in [3.63, 3.8) is 0 Å². The number of aliphatic imine (C=N–C) groups is 1. The van der Waals surface area contributed by atoms with Crippen LogP contribution in [0.25, 0.3) is 0 Å². The Morgan fingerprint density at radius 3 is 2.75 bits per heavy atom. The normalized spacial score (nSPS) is 23.7. The molecule has 0 radical (unpaired) electrons. The topological polar surface area (TPSA) is 56.1 Å². The van der Waals surface area contributed by atoms with E-state index in [0.717, 1.165) is 5.70 Å². The van der Waals surface area contributed by atoms with Crippen LogP contribution < -0.4 is 0 Å². The van der Waals surface area contributed by atoms with E-state index in [0.29, 0.717) is 5.71 Å². The molecule has 0 fully saturated rings. The first kappa shape index (κ1) is 9.22. The summed E-state index contributed by atoms with van der Waals surface area (Å²) >= 11 is 0. The molecule has 1 atom stereocenters. The highest BCUT2D eigenvalue weighted by Gasteiger charge is 2.19. The van der Waals surface area contributed by atoms with Crippen LogP contribution in [-0.4, -0.2) is 40.2 Å². The maximum absolute atomic E-state index is 8.94. The van der Waals surface area contributed by atoms with Gasteiger partial charge in [0.05, 0.1) is 24.1 Å². The van der Waals surface area contributed by atoms with Gasteiger partial charge in [-0.05, 0) is 13.8 Å². The molecule has 1 heterocycles. The number of allylic oxidation sites excluding steroid dienone is 1. The Morgan fingerprint density at radius 1 is 1.58 bits per heavy atom. The molecule has 1 aliphatic rings. The molecule has 0 saturated carbocycles. The van der Waals surface area contributed by atoms with Gasteiger partial charge in [-0.3, -0.25) is 4.99 Å². The smallest absolute Gasteiger partial charge is 0.115 e. The fourth-order valence-electron chi connectivity index (χ4n) is 1.22. The quantitative estimate of drug-likeness (QED) is 0.610. The molecule has 1 unspecified atom stereocenters. The number of aliphatic hydroxyl groups is 2. The highest BCUT2D eigenvalue weighted by Crippen LogP contribution is 2.12. The van der Waals surface area contributed by atoms with Gasteiger partial charge >= 0.3 is 0 Å². The Labute approximate surface area is 71.8 Å². The Bertz CT molecular complexity index is 223. The lowest BCUT2D eigenvalue weighted by molar-refractivity contribution is 0.136. The van der Waals surface area contributed by atoms with Gasteiger partial charge in [-0.2, -0.15) is 0 Å². The lowest BCUT2D eigenvalue weighted by atomic mass is 10.1. The van der Waals surface area contributed by atoms with Crippen LogP contribution in [0.1, 0.15) is 13.8 Å². The van der Waals surface area contributed by atoms with Crippen molar-refractivity contribution < 1.29 is 10.2 Å². The van der Waals surface area contributed by atoms with Crippen molar-refractivity contribution in [1.82, 2.24) is 4.90 Å². The maximum Gasteiger partial charge on any atom is 0.115 e. The molecular weight excluding hydrogens is 156 g/mol. The largest absolute Gasteiger partial charge is 0.390 e. The Hall–Kier alpha value is -0.870. The Balaban J connectivity index is 2.83. The zero-order valence-corrected chi connectivity index (χ0v) is 7.36. The molecule has 1 rings (SSSR count). The summed E-state index contributed by atoms with van der Waals surface area (Å²) in [5, 5.41) is 17.9. The molecule has 0 bridgehead atoms. The number of hydrogen-bond acceptors (Lipinski definition) is 4. The molecule has 0 aliphatic carbocycles. The van der Waals surface area contributed by atoms with Crippen LogP contribution >= 0.6 is 0 Å². The van der Waals surface area contributed by atoms with Crippen molar-refractivity contribution in [2.45, 2.75) is 19.9 Å². The predicted molar refractivity (Wildman–Crippen MR) is 46.7 cm³/mol. The number of aliphatic hydroxyl groups excluding tert-OH is 2. The molecule has 0 spiro atoms. The van der Waals surface area contributed by atoms with Gasteiger partial charge in [0.15, 0.2) is 0 Å². The molecule has 0 aromatic carbocycles. The lowest BCUT2D eigenvalue weighted by Crippen LogP contribution is -2.39. The van der Waals surface area contributed by atoms with E-state index in [9.17, 15) is 0 Å². The van der Waals surface area contributed by atoms with Crippen molar-refractivity contribution >= 4 is 5.71 Å². The minimum Gasteiger partial charge on any atom is -0.390 e. The molecule has 1 aliphatic heterocycles. The van der Waals surface area contributed by atoms with E-state index >= 15 is 0 Å². The van der Waals surface area contributed by atoms with Crippen LogP contribution in [-0.2, 0) is 0 Å². The molecule has 0 aromatic rings. The second-order valence-corrected chi connectivity index (χ2v) is 2.86. The molecule has 68 valence electrons. The highest BCUT2D eigenvalue weighted by atomic mass is 16.3. The summed E-state index contributed by atoms with van der Waals surface area (Å²) in [6.45, 7) is 3.64. The number of rotatable bonds is 2. The van der Waals surface area contributed by atoms with Crippen LogP contribution in [0.2, 0.25) is 0 Å². The fourth-order valence-corrected chi connectivity index (χ4v) is 1.22. The Morgan fingerprint density at radius 2 is 2.25 bits per heavy atom. The highest BCUT2D eigenvalue weighted by molar-refractivity contribution is 5.91. The lowest BCUT2D eigenvalue weighted by Gasteiger charge is -2.29. The minimum absolute atomic E-state index is 0.0105. The fraction of sp³-hybridized carbons (Fsp3) is 0.625. The van der Waals surface area contributed by atoms with Crippen LogP contribution in [0.4, 0.5) is 0 Å². The van der Waals surface area contributed by atoms with Crippen molar-refractivity contribution in [1.29, 1.82) is 0 Å². The molecule has 0 saturated heterocycles. The summed E-state index contributed by atoms with van der Waals surface area (Å²) < 4.78 is 0. The zero-order chi connectivity index (χ0) is 9.14. The average Bonchev–Trinajstić information content (AvgIpc) is 2.08. The molecule has 12 heavy (non-hydrogen) atoms. The van der Waals surface area contributed by atoms with Gasteiger partial charge in [-0.15, -0.1) is 0 Å². The molecule has 4 heteroatoms. The monoisotopic (exact) mass is 170 g/mol. The molecule has 0 amide bonds. The summed E-state index contributed by atoms with van der Waals surface area (Å²) in [5.41, 5.74) is 1.51. The van der Waals surface area contributed by atoms with E-state index in [2.05, 4.69) is 4.99 Å². The van der Waals surface area contributed by atoms with Crippen molar-refractivity contribution in [2.24, 2.45) is 4.99 Å². The first-order valence-electron chi connectivity index (χ1n) is 3.92. The predicted octanol–water partition coefficient (Wildman–Crippen LogP) is -0.0651. The van der Waals surface area contributed by atoms with Gasteiger partial charge in [-0.25, -0.2) is 0 Å². The van der Waals surface area contributed by atoms with E-state index in [-0.39, 0.29) is 19.4 Å². The molecule has 2 N–H and O–H groups in total. The Kier molecular flexibility index (Phi) is 2.83. The van der Waals surface area contributed by atoms with E-state index < -0.39 is 0 Å². The standard InChI is InChI=1S/C8H14N2O2/c1-6-3-10(5-12)7(2)8(4-11)9-6/h3,7,11-12H,4-5H2,1-2H3. The number of hydrogen-bond donors (Lipinski definition) is 2. The number of nitrogens with zero attached hydrogens (tertiary/aromatic N) is 2. The van der Waals surface area contributed by atoms with Crippen LogP contribution in [0.15, 0.2) is 16.9 Å². The molecular formula is C8H14N2O2. The molecule has 0 aromatic heterocycles. The van der Waals surface area contributed by atoms with E-state index in [4.69, 9.17) is 10.2 Å². The summed E-state index contributed by atoms with van der Waals surface area (Å²) in [5.74, 6) is 0. The van der Waals surface area contributed by atoms with E-state index in [1.807, 2.05) is 13.8 Å². The van der Waals surface area contributed by atoms with E-state index in [1.54, 1.807) is 11.1 Å². The van der Waals surface area contributed by atoms with Gasteiger partial charge in [-0.1, -0.05) is 0 Å². The summed E-state index contributed by atoms with van der Waals surface area (Å²) in [7, 11) is 0. The summed E-state index contributed by atoms with van der Waals surface area (Å²) in [6, 6.07) is -0.0105. The first-order valence-corrected chi connectivity index (χ1v) is 3.92. The maximum atomic E-state index is 8.94. The van der Waals surface area contributed by atoms with Gasteiger partial charge in [0.25, 0.3) is 0 Å². The first-order chi connectivity index (χ1) is 5.69. The van der Waals surface area contributed by atoms with Gasteiger partial charge < -0.3 is 15.1 Å². The van der Waals surface area contributed by atoms with Gasteiger partial charge in [0.1, 0.15) is 6.73 Å².